The summed E-state index contributed by atoms with van der Waals surface area (Å²) in [5.41, 5.74) is 0. The van der Waals surface area contributed by atoms with Gasteiger partial charge in [0.05, 0.1) is 37.7 Å². The van der Waals surface area contributed by atoms with Crippen LogP contribution in [0.15, 0.2) is 24.3 Å². The summed E-state index contributed by atoms with van der Waals surface area (Å²) in [6, 6.07) is 9.48. The fourth-order valence-corrected chi connectivity index (χ4v) is 4.89. The van der Waals surface area contributed by atoms with Gasteiger partial charge in [-0.05, 0) is 56.4 Å². The second-order valence-corrected chi connectivity index (χ2v) is 9.76. The van der Waals surface area contributed by atoms with Crippen LogP contribution in [0.2, 0.25) is 0 Å². The summed E-state index contributed by atoms with van der Waals surface area (Å²) in [4.78, 5) is 12.8. The van der Waals surface area contributed by atoms with Crippen LogP contribution in [0.3, 0.4) is 0 Å². The SMILES string of the molecule is CCCCCOc1ccc(OC(=O)C2CCC(C3OCC(CCCCC)CO3)CC2C#N)cc1. The zero-order chi connectivity index (χ0) is 24.2. The zero-order valence-corrected chi connectivity index (χ0v) is 20.9. The summed E-state index contributed by atoms with van der Waals surface area (Å²) in [6.45, 7) is 6.52. The molecule has 1 aromatic carbocycles. The largest absolute Gasteiger partial charge is 0.494 e. The lowest BCUT2D eigenvalue weighted by Gasteiger charge is -2.38. The molecule has 0 bridgehead atoms. The van der Waals surface area contributed by atoms with E-state index in [0.717, 1.165) is 51.1 Å². The van der Waals surface area contributed by atoms with Gasteiger partial charge < -0.3 is 18.9 Å². The maximum Gasteiger partial charge on any atom is 0.315 e. The molecule has 0 amide bonds. The Hall–Kier alpha value is -2.10. The van der Waals surface area contributed by atoms with Gasteiger partial charge in [-0.15, -0.1) is 0 Å². The van der Waals surface area contributed by atoms with E-state index in [1.165, 1.54) is 19.3 Å². The first-order chi connectivity index (χ1) is 16.6. The number of hydrogen-bond acceptors (Lipinski definition) is 6. The van der Waals surface area contributed by atoms with E-state index < -0.39 is 5.92 Å². The molecule has 188 valence electrons. The highest BCUT2D eigenvalue weighted by molar-refractivity contribution is 5.76. The number of carbonyl (C=O) groups excluding carboxylic acids is 1. The first kappa shape index (κ1) is 26.5. The molecule has 3 atom stereocenters. The van der Waals surface area contributed by atoms with Crippen molar-refractivity contribution in [3.05, 3.63) is 24.3 Å². The highest BCUT2D eigenvalue weighted by Gasteiger charge is 2.41. The maximum atomic E-state index is 12.8. The molecule has 2 fully saturated rings. The molecular formula is C28H41NO5. The number of nitriles is 1. The third-order valence-electron chi connectivity index (χ3n) is 7.01. The quantitative estimate of drug-likeness (QED) is 0.203. The molecule has 1 aliphatic heterocycles. The van der Waals surface area contributed by atoms with Gasteiger partial charge >= 0.3 is 5.97 Å². The highest BCUT2D eigenvalue weighted by Crippen LogP contribution is 2.38. The first-order valence-corrected chi connectivity index (χ1v) is 13.2. The molecule has 6 nitrogen and oxygen atoms in total. The Kier molecular flexibility index (Phi) is 11.2. The fourth-order valence-electron chi connectivity index (χ4n) is 4.89. The Morgan fingerprint density at radius 1 is 1.00 bits per heavy atom. The second-order valence-electron chi connectivity index (χ2n) is 9.76. The molecule has 3 rings (SSSR count). The molecule has 0 radical (unpaired) electrons. The van der Waals surface area contributed by atoms with Crippen molar-refractivity contribution in [2.45, 2.75) is 84.3 Å². The van der Waals surface area contributed by atoms with Crippen molar-refractivity contribution in [3.63, 3.8) is 0 Å². The Balaban J connectivity index is 1.44. The van der Waals surface area contributed by atoms with Crippen molar-refractivity contribution < 1.29 is 23.7 Å². The number of unbranched alkanes of at least 4 members (excludes halogenated alkanes) is 4. The number of carbonyl (C=O) groups is 1. The van der Waals surface area contributed by atoms with Gasteiger partial charge in [-0.2, -0.15) is 5.26 Å². The number of rotatable bonds is 12. The van der Waals surface area contributed by atoms with E-state index in [4.69, 9.17) is 18.9 Å². The lowest BCUT2D eigenvalue weighted by atomic mass is 9.74. The summed E-state index contributed by atoms with van der Waals surface area (Å²) < 4.78 is 23.4. The van der Waals surface area contributed by atoms with E-state index in [0.29, 0.717) is 31.1 Å². The maximum absolute atomic E-state index is 12.8. The summed E-state index contributed by atoms with van der Waals surface area (Å²) in [5, 5.41) is 9.76. The summed E-state index contributed by atoms with van der Waals surface area (Å²) in [5.74, 6) is 0.731. The average molecular weight is 472 g/mol. The molecule has 1 saturated carbocycles. The van der Waals surface area contributed by atoms with E-state index in [9.17, 15) is 10.1 Å². The molecule has 34 heavy (non-hydrogen) atoms. The van der Waals surface area contributed by atoms with Crippen LogP contribution in [0, 0.1) is 35.0 Å². The molecule has 3 unspecified atom stereocenters. The van der Waals surface area contributed by atoms with Crippen LogP contribution < -0.4 is 9.47 Å². The molecule has 0 aromatic heterocycles. The van der Waals surface area contributed by atoms with Gasteiger partial charge in [0.25, 0.3) is 0 Å². The molecule has 0 spiro atoms. The Morgan fingerprint density at radius 2 is 1.68 bits per heavy atom. The molecule has 0 N–H and O–H groups in total. The third-order valence-corrected chi connectivity index (χ3v) is 7.01. The number of nitrogens with zero attached hydrogens (tertiary/aromatic N) is 1. The van der Waals surface area contributed by atoms with Crippen LogP contribution >= 0.6 is 0 Å². The van der Waals surface area contributed by atoms with Crippen molar-refractivity contribution in [1.82, 2.24) is 0 Å². The first-order valence-electron chi connectivity index (χ1n) is 13.2. The predicted octanol–water partition coefficient (Wildman–Crippen LogP) is 6.29. The molecule has 1 aromatic rings. The summed E-state index contributed by atoms with van der Waals surface area (Å²) in [7, 11) is 0. The van der Waals surface area contributed by atoms with Crippen LogP contribution in [0.5, 0.6) is 11.5 Å². The van der Waals surface area contributed by atoms with E-state index >= 15 is 0 Å². The van der Waals surface area contributed by atoms with Crippen molar-refractivity contribution in [3.8, 4) is 17.6 Å². The van der Waals surface area contributed by atoms with Gasteiger partial charge in [0.15, 0.2) is 6.29 Å². The van der Waals surface area contributed by atoms with E-state index in [-0.39, 0.29) is 24.1 Å². The lowest BCUT2D eigenvalue weighted by molar-refractivity contribution is -0.231. The molecule has 1 heterocycles. The molecule has 2 aliphatic rings. The van der Waals surface area contributed by atoms with Gasteiger partial charge in [0, 0.05) is 11.8 Å². The minimum atomic E-state index is -0.420. The predicted molar refractivity (Wildman–Crippen MR) is 130 cm³/mol. The van der Waals surface area contributed by atoms with Crippen LogP contribution in [0.1, 0.15) is 78.1 Å². The molecule has 1 saturated heterocycles. The molecule has 6 heteroatoms. The van der Waals surface area contributed by atoms with Crippen molar-refractivity contribution >= 4 is 5.97 Å². The van der Waals surface area contributed by atoms with E-state index in [1.807, 2.05) is 12.1 Å². The van der Waals surface area contributed by atoms with Crippen LogP contribution in [0.4, 0.5) is 0 Å². The van der Waals surface area contributed by atoms with Gasteiger partial charge in [-0.3, -0.25) is 4.79 Å². The molecule has 1 aliphatic carbocycles. The highest BCUT2D eigenvalue weighted by atomic mass is 16.7. The number of hydrogen-bond donors (Lipinski definition) is 0. The minimum Gasteiger partial charge on any atom is -0.494 e. The minimum absolute atomic E-state index is 0.148. The summed E-state index contributed by atoms with van der Waals surface area (Å²) >= 11 is 0. The smallest absolute Gasteiger partial charge is 0.315 e. The normalized spacial score (nSPS) is 27.0. The number of benzene rings is 1. The number of esters is 1. The van der Waals surface area contributed by atoms with Crippen LogP contribution in [0.25, 0.3) is 0 Å². The van der Waals surface area contributed by atoms with Crippen molar-refractivity contribution in [1.29, 1.82) is 5.26 Å². The second kappa shape index (κ2) is 14.3. The monoisotopic (exact) mass is 471 g/mol. The van der Waals surface area contributed by atoms with Gasteiger partial charge in [0.2, 0.25) is 0 Å². The third kappa shape index (κ3) is 7.99. The van der Waals surface area contributed by atoms with Crippen LogP contribution in [-0.2, 0) is 14.3 Å². The fraction of sp³-hybridized carbons (Fsp3) is 0.714. The molecular weight excluding hydrogens is 430 g/mol. The Labute approximate surface area is 204 Å². The Bertz CT molecular complexity index is 766. The van der Waals surface area contributed by atoms with E-state index in [2.05, 4.69) is 19.9 Å². The van der Waals surface area contributed by atoms with E-state index in [1.54, 1.807) is 12.1 Å². The average Bonchev–Trinajstić information content (AvgIpc) is 2.87. The van der Waals surface area contributed by atoms with Crippen molar-refractivity contribution in [2.24, 2.45) is 23.7 Å². The van der Waals surface area contributed by atoms with Gasteiger partial charge in [0.1, 0.15) is 11.5 Å². The van der Waals surface area contributed by atoms with Gasteiger partial charge in [-0.1, -0.05) is 46.0 Å². The van der Waals surface area contributed by atoms with Crippen molar-refractivity contribution in [2.75, 3.05) is 19.8 Å². The topological polar surface area (TPSA) is 77.8 Å². The lowest BCUT2D eigenvalue weighted by Crippen LogP contribution is -2.42. The van der Waals surface area contributed by atoms with Gasteiger partial charge in [-0.25, -0.2) is 0 Å². The zero-order valence-electron chi connectivity index (χ0n) is 20.9. The Morgan fingerprint density at radius 3 is 2.35 bits per heavy atom. The number of ether oxygens (including phenoxy) is 4. The summed E-state index contributed by atoms with van der Waals surface area (Å²) in [6.07, 6.45) is 9.92. The standard InChI is InChI=1S/C28H41NO5/c1-3-5-7-9-21-19-32-28(33-20-21)22-10-15-26(23(17-22)18-29)27(30)34-25-13-11-24(12-14-25)31-16-8-6-4-2/h11-14,21-23,26,28H,3-10,15-17,19-20H2,1-2H3. The van der Waals surface area contributed by atoms with Crippen LogP contribution in [-0.4, -0.2) is 32.1 Å².